The van der Waals surface area contributed by atoms with Crippen molar-refractivity contribution in [1.29, 1.82) is 0 Å². The predicted molar refractivity (Wildman–Crippen MR) is 114 cm³/mol. The third-order valence-corrected chi connectivity index (χ3v) is 6.75. The molecule has 26 heavy (non-hydrogen) atoms. The second kappa shape index (κ2) is 9.50. The number of hydrogen-bond donors (Lipinski definition) is 0. The number of rotatable bonds is 6. The van der Waals surface area contributed by atoms with Gasteiger partial charge in [0, 0.05) is 40.5 Å². The Morgan fingerprint density at radius 1 is 1.23 bits per heavy atom. The van der Waals surface area contributed by atoms with E-state index in [0.717, 1.165) is 44.6 Å². The monoisotopic (exact) mass is 372 g/mol. The van der Waals surface area contributed by atoms with Crippen molar-refractivity contribution in [2.45, 2.75) is 31.4 Å². The van der Waals surface area contributed by atoms with Crippen molar-refractivity contribution >= 4 is 16.4 Å². The summed E-state index contributed by atoms with van der Waals surface area (Å²) in [6, 6.07) is 8.60. The van der Waals surface area contributed by atoms with Crippen LogP contribution < -0.4 is 0 Å². The van der Waals surface area contributed by atoms with Crippen LogP contribution in [-0.4, -0.2) is 65.3 Å². The molecule has 1 aliphatic heterocycles. The zero-order chi connectivity index (χ0) is 19.2. The standard InChI is InChI=1S/C22H32N2OS/c1-22(2,26(5)25)14-18-24-16-12-21(13-17-24)20-10-8-19(9-11-20)7-6-15-23(3)4/h8-12H,13-18H2,1-5H3. The zero-order valence-corrected chi connectivity index (χ0v) is 17.7. The molecule has 1 heterocycles. The van der Waals surface area contributed by atoms with Crippen LogP contribution in [0.15, 0.2) is 30.3 Å². The van der Waals surface area contributed by atoms with Gasteiger partial charge in [-0.15, -0.1) is 0 Å². The van der Waals surface area contributed by atoms with E-state index in [1.54, 1.807) is 0 Å². The van der Waals surface area contributed by atoms with Gasteiger partial charge in [0.1, 0.15) is 0 Å². The van der Waals surface area contributed by atoms with Crippen LogP contribution in [0.4, 0.5) is 0 Å². The van der Waals surface area contributed by atoms with E-state index in [1.807, 2.05) is 20.4 Å². The molecule has 1 aromatic carbocycles. The van der Waals surface area contributed by atoms with Gasteiger partial charge >= 0.3 is 0 Å². The van der Waals surface area contributed by atoms with Crippen LogP contribution in [0.25, 0.3) is 5.57 Å². The third kappa shape index (κ3) is 6.39. The first-order chi connectivity index (χ1) is 12.3. The Morgan fingerprint density at radius 2 is 1.92 bits per heavy atom. The van der Waals surface area contributed by atoms with Gasteiger partial charge in [0.05, 0.1) is 6.54 Å². The minimum Gasteiger partial charge on any atom is -0.299 e. The fraction of sp³-hybridized carbons (Fsp3) is 0.545. The van der Waals surface area contributed by atoms with E-state index < -0.39 is 10.8 Å². The summed E-state index contributed by atoms with van der Waals surface area (Å²) in [5, 5.41) is 0. The molecule has 0 aliphatic carbocycles. The van der Waals surface area contributed by atoms with Gasteiger partial charge in [0.25, 0.3) is 0 Å². The molecule has 4 heteroatoms. The van der Waals surface area contributed by atoms with Crippen LogP contribution in [0, 0.1) is 11.8 Å². The topological polar surface area (TPSA) is 23.6 Å². The predicted octanol–water partition coefficient (Wildman–Crippen LogP) is 3.24. The fourth-order valence-corrected chi connectivity index (χ4v) is 3.19. The summed E-state index contributed by atoms with van der Waals surface area (Å²) in [5.74, 6) is 6.38. The Hall–Kier alpha value is -1.41. The Kier molecular flexibility index (Phi) is 7.64. The molecule has 1 aliphatic rings. The second-order valence-corrected chi connectivity index (χ2v) is 9.87. The van der Waals surface area contributed by atoms with E-state index in [0.29, 0.717) is 0 Å². The van der Waals surface area contributed by atoms with Gasteiger partial charge in [0.2, 0.25) is 0 Å². The summed E-state index contributed by atoms with van der Waals surface area (Å²) in [6.07, 6.45) is 6.19. The summed E-state index contributed by atoms with van der Waals surface area (Å²) in [4.78, 5) is 4.53. The zero-order valence-electron chi connectivity index (χ0n) is 16.8. The molecule has 142 valence electrons. The van der Waals surface area contributed by atoms with Gasteiger partial charge < -0.3 is 0 Å². The minimum absolute atomic E-state index is 0.104. The lowest BCUT2D eigenvalue weighted by Gasteiger charge is -2.30. The van der Waals surface area contributed by atoms with Crippen molar-refractivity contribution < 1.29 is 4.21 Å². The first-order valence-electron chi connectivity index (χ1n) is 9.27. The molecular weight excluding hydrogens is 340 g/mol. The van der Waals surface area contributed by atoms with Crippen LogP contribution in [0.5, 0.6) is 0 Å². The number of hydrogen-bond acceptors (Lipinski definition) is 3. The normalized spacial score (nSPS) is 16.8. The molecule has 3 nitrogen and oxygen atoms in total. The van der Waals surface area contributed by atoms with E-state index in [-0.39, 0.29) is 4.75 Å². The van der Waals surface area contributed by atoms with E-state index in [1.165, 1.54) is 11.1 Å². The molecular formula is C22H32N2OS. The molecule has 0 saturated carbocycles. The SMILES string of the molecule is CN(C)CC#Cc1ccc(C2=CCN(CCC(C)(C)S(C)=O)CC2)cc1. The maximum atomic E-state index is 11.8. The van der Waals surface area contributed by atoms with Gasteiger partial charge in [-0.3, -0.25) is 14.0 Å². The van der Waals surface area contributed by atoms with Gasteiger partial charge in [-0.25, -0.2) is 0 Å². The van der Waals surface area contributed by atoms with Crippen LogP contribution in [0.2, 0.25) is 0 Å². The third-order valence-electron chi connectivity index (χ3n) is 4.99. The maximum Gasteiger partial charge on any atom is 0.0600 e. The summed E-state index contributed by atoms with van der Waals surface area (Å²) < 4.78 is 11.7. The maximum absolute atomic E-state index is 11.8. The van der Waals surface area contributed by atoms with Gasteiger partial charge in [-0.05, 0) is 70.6 Å². The smallest absolute Gasteiger partial charge is 0.0600 e. The number of nitrogens with zero attached hydrogens (tertiary/aromatic N) is 2. The lowest BCUT2D eigenvalue weighted by atomic mass is 9.98. The van der Waals surface area contributed by atoms with Crippen molar-refractivity contribution in [2.75, 3.05) is 46.5 Å². The van der Waals surface area contributed by atoms with Crippen molar-refractivity contribution in [2.24, 2.45) is 0 Å². The molecule has 0 saturated heterocycles. The van der Waals surface area contributed by atoms with Crippen molar-refractivity contribution in [3.63, 3.8) is 0 Å². The van der Waals surface area contributed by atoms with Gasteiger partial charge in [0.15, 0.2) is 0 Å². The van der Waals surface area contributed by atoms with Crippen LogP contribution >= 0.6 is 0 Å². The summed E-state index contributed by atoms with van der Waals surface area (Å²) >= 11 is 0. The number of benzene rings is 1. The van der Waals surface area contributed by atoms with Gasteiger partial charge in [-0.2, -0.15) is 0 Å². The highest BCUT2D eigenvalue weighted by atomic mass is 32.2. The molecule has 1 atom stereocenters. The largest absolute Gasteiger partial charge is 0.299 e. The van der Waals surface area contributed by atoms with Crippen LogP contribution in [-0.2, 0) is 10.8 Å². The molecule has 1 aromatic rings. The van der Waals surface area contributed by atoms with Crippen LogP contribution in [0.1, 0.15) is 37.8 Å². The van der Waals surface area contributed by atoms with E-state index in [9.17, 15) is 4.21 Å². The Labute approximate surface area is 161 Å². The first kappa shape index (κ1) is 20.9. The van der Waals surface area contributed by atoms with Crippen LogP contribution in [0.3, 0.4) is 0 Å². The highest BCUT2D eigenvalue weighted by Gasteiger charge is 2.24. The molecule has 0 fully saturated rings. The Morgan fingerprint density at radius 3 is 2.46 bits per heavy atom. The molecule has 2 rings (SSSR count). The molecule has 0 spiro atoms. The lowest BCUT2D eigenvalue weighted by molar-refractivity contribution is 0.287. The molecule has 0 N–H and O–H groups in total. The highest BCUT2D eigenvalue weighted by molar-refractivity contribution is 7.85. The average molecular weight is 373 g/mol. The second-order valence-electron chi connectivity index (χ2n) is 7.86. The Balaban J connectivity index is 1.90. The average Bonchev–Trinajstić information content (AvgIpc) is 2.61. The fourth-order valence-electron chi connectivity index (χ4n) is 2.81. The quantitative estimate of drug-likeness (QED) is 0.716. The van der Waals surface area contributed by atoms with Crippen molar-refractivity contribution in [3.8, 4) is 11.8 Å². The highest BCUT2D eigenvalue weighted by Crippen LogP contribution is 2.24. The molecule has 1 unspecified atom stereocenters. The van der Waals surface area contributed by atoms with E-state index in [4.69, 9.17) is 0 Å². The molecule has 0 radical (unpaired) electrons. The van der Waals surface area contributed by atoms with Crippen molar-refractivity contribution in [3.05, 3.63) is 41.5 Å². The summed E-state index contributed by atoms with van der Waals surface area (Å²) in [5.41, 5.74) is 3.80. The molecule has 0 bridgehead atoms. The Bertz CT molecular complexity index is 708. The van der Waals surface area contributed by atoms with Gasteiger partial charge in [-0.1, -0.05) is 30.0 Å². The molecule has 0 amide bonds. The lowest BCUT2D eigenvalue weighted by Crippen LogP contribution is -2.35. The van der Waals surface area contributed by atoms with E-state index in [2.05, 4.69) is 65.8 Å². The minimum atomic E-state index is -0.780. The van der Waals surface area contributed by atoms with Crippen molar-refractivity contribution in [1.82, 2.24) is 9.80 Å². The summed E-state index contributed by atoms with van der Waals surface area (Å²) in [7, 11) is 3.27. The molecule has 0 aromatic heterocycles. The van der Waals surface area contributed by atoms with E-state index >= 15 is 0 Å². The summed E-state index contributed by atoms with van der Waals surface area (Å²) in [6.45, 7) is 8.03. The first-order valence-corrected chi connectivity index (χ1v) is 10.8.